The minimum Gasteiger partial charge on any atom is -0.314 e. The van der Waals surface area contributed by atoms with E-state index in [-0.39, 0.29) is 11.7 Å². The van der Waals surface area contributed by atoms with Crippen LogP contribution in [0.1, 0.15) is 23.6 Å². The summed E-state index contributed by atoms with van der Waals surface area (Å²) in [6.07, 6.45) is 3.67. The van der Waals surface area contributed by atoms with Gasteiger partial charge in [-0.3, -0.25) is 4.79 Å². The van der Waals surface area contributed by atoms with Crippen molar-refractivity contribution in [2.45, 2.75) is 25.5 Å². The van der Waals surface area contributed by atoms with Crippen LogP contribution < -0.4 is 5.43 Å². The van der Waals surface area contributed by atoms with Crippen LogP contribution in [0.25, 0.3) is 17.1 Å². The highest BCUT2D eigenvalue weighted by molar-refractivity contribution is 7.99. The molecule has 166 valence electrons. The van der Waals surface area contributed by atoms with Gasteiger partial charge in [0.15, 0.2) is 5.16 Å². The van der Waals surface area contributed by atoms with Gasteiger partial charge >= 0.3 is 0 Å². The molecular weight excluding hydrogens is 428 g/mol. The maximum atomic E-state index is 12.4. The third-order valence-corrected chi connectivity index (χ3v) is 6.04. The zero-order chi connectivity index (χ0) is 23.0. The number of aryl methyl sites for hydroxylation is 1. The Kier molecular flexibility index (Phi) is 7.37. The van der Waals surface area contributed by atoms with Crippen LogP contribution in [0, 0.1) is 6.92 Å². The second-order valence-electron chi connectivity index (χ2n) is 7.84. The van der Waals surface area contributed by atoms with E-state index < -0.39 is 0 Å². The van der Waals surface area contributed by atoms with Crippen molar-refractivity contribution >= 4 is 41.0 Å². The van der Waals surface area contributed by atoms with Crippen molar-refractivity contribution in [2.75, 3.05) is 5.75 Å². The highest BCUT2D eigenvalue weighted by atomic mass is 32.2. The Labute approximate surface area is 198 Å². The van der Waals surface area contributed by atoms with E-state index in [2.05, 4.69) is 52.3 Å². The van der Waals surface area contributed by atoms with E-state index in [1.165, 1.54) is 22.9 Å². The summed E-state index contributed by atoms with van der Waals surface area (Å²) in [6, 6.07) is 26.5. The van der Waals surface area contributed by atoms with Crippen molar-refractivity contribution in [3.05, 3.63) is 101 Å². The number of hydrogen-bond donors (Lipinski definition) is 1. The van der Waals surface area contributed by atoms with Crippen molar-refractivity contribution in [1.29, 1.82) is 0 Å². The van der Waals surface area contributed by atoms with Crippen LogP contribution >= 0.6 is 11.8 Å². The summed E-state index contributed by atoms with van der Waals surface area (Å²) in [5.41, 5.74) is 9.06. The molecule has 0 unspecified atom stereocenters. The number of carbonyl (C=O) groups is 1. The minimum atomic E-state index is -0.169. The van der Waals surface area contributed by atoms with E-state index in [0.29, 0.717) is 6.54 Å². The number of rotatable bonds is 8. The van der Waals surface area contributed by atoms with E-state index in [9.17, 15) is 4.79 Å². The zero-order valence-corrected chi connectivity index (χ0v) is 19.5. The molecule has 0 spiro atoms. The number of amides is 1. The summed E-state index contributed by atoms with van der Waals surface area (Å²) in [7, 11) is 0. The smallest absolute Gasteiger partial charge is 0.250 e. The minimum absolute atomic E-state index is 0.169. The second kappa shape index (κ2) is 10.8. The first-order valence-corrected chi connectivity index (χ1v) is 11.8. The molecule has 0 aliphatic carbocycles. The number of nitrogens with zero attached hydrogens (tertiary/aromatic N) is 3. The zero-order valence-electron chi connectivity index (χ0n) is 18.7. The Morgan fingerprint density at radius 3 is 2.55 bits per heavy atom. The third kappa shape index (κ3) is 6.20. The Hall–Kier alpha value is -3.64. The molecule has 4 rings (SSSR count). The summed E-state index contributed by atoms with van der Waals surface area (Å²) >= 11 is 1.42. The SMILES string of the molecule is CC(C=NNC(=O)CSc1nc2ccccc2n1Cc1ccc(C)cc1)=Cc1ccccc1. The normalized spacial score (nSPS) is 11.9. The van der Waals surface area contributed by atoms with Crippen LogP contribution in [0.4, 0.5) is 0 Å². The van der Waals surface area contributed by atoms with E-state index in [0.717, 1.165) is 27.3 Å². The Bertz CT molecular complexity index is 1290. The molecule has 0 fully saturated rings. The fourth-order valence-electron chi connectivity index (χ4n) is 3.41. The van der Waals surface area contributed by atoms with Crippen LogP contribution in [0.2, 0.25) is 0 Å². The third-order valence-electron chi connectivity index (χ3n) is 5.06. The standard InChI is InChI=1S/C27H26N4OS/c1-20-12-14-23(15-13-20)18-31-25-11-7-6-10-24(25)29-27(31)33-19-26(32)30-28-17-21(2)16-22-8-4-3-5-9-22/h3-17H,18-19H2,1-2H3,(H,30,32). The predicted octanol–water partition coefficient (Wildman–Crippen LogP) is 5.69. The van der Waals surface area contributed by atoms with Gasteiger partial charge < -0.3 is 4.57 Å². The number of para-hydroxylation sites is 2. The molecule has 5 nitrogen and oxygen atoms in total. The summed E-state index contributed by atoms with van der Waals surface area (Å²) in [5, 5.41) is 4.90. The summed E-state index contributed by atoms with van der Waals surface area (Å²) < 4.78 is 2.16. The topological polar surface area (TPSA) is 59.3 Å². The lowest BCUT2D eigenvalue weighted by Gasteiger charge is -2.09. The van der Waals surface area contributed by atoms with Gasteiger partial charge in [-0.25, -0.2) is 10.4 Å². The molecule has 1 N–H and O–H groups in total. The van der Waals surface area contributed by atoms with Gasteiger partial charge in [-0.2, -0.15) is 5.10 Å². The highest BCUT2D eigenvalue weighted by Crippen LogP contribution is 2.25. The van der Waals surface area contributed by atoms with Gasteiger partial charge in [0.2, 0.25) is 0 Å². The fraction of sp³-hybridized carbons (Fsp3) is 0.148. The first-order valence-electron chi connectivity index (χ1n) is 10.8. The first-order chi connectivity index (χ1) is 16.1. The molecule has 4 aromatic rings. The van der Waals surface area contributed by atoms with E-state index in [4.69, 9.17) is 4.98 Å². The van der Waals surface area contributed by atoms with Crippen LogP contribution in [-0.4, -0.2) is 27.4 Å². The number of carbonyl (C=O) groups excluding carboxylic acids is 1. The maximum absolute atomic E-state index is 12.4. The number of thioether (sulfide) groups is 1. The molecule has 0 aliphatic heterocycles. The van der Waals surface area contributed by atoms with E-state index in [1.54, 1.807) is 6.21 Å². The monoisotopic (exact) mass is 454 g/mol. The number of hydrogen-bond acceptors (Lipinski definition) is 4. The Morgan fingerprint density at radius 1 is 1.03 bits per heavy atom. The van der Waals surface area contributed by atoms with Crippen LogP contribution in [-0.2, 0) is 11.3 Å². The molecule has 0 bridgehead atoms. The average Bonchev–Trinajstić information content (AvgIpc) is 3.17. The van der Waals surface area contributed by atoms with Gasteiger partial charge in [-0.15, -0.1) is 0 Å². The summed E-state index contributed by atoms with van der Waals surface area (Å²) in [6.45, 7) is 4.73. The van der Waals surface area contributed by atoms with Gasteiger partial charge in [-0.05, 0) is 42.7 Å². The molecule has 6 heteroatoms. The van der Waals surface area contributed by atoms with Crippen molar-refractivity contribution < 1.29 is 4.79 Å². The van der Waals surface area contributed by atoms with Gasteiger partial charge in [-0.1, -0.05) is 90.1 Å². The fourth-order valence-corrected chi connectivity index (χ4v) is 4.22. The number of benzene rings is 3. The highest BCUT2D eigenvalue weighted by Gasteiger charge is 2.13. The predicted molar refractivity (Wildman–Crippen MR) is 137 cm³/mol. The number of aromatic nitrogens is 2. The number of fused-ring (bicyclic) bond motifs is 1. The lowest BCUT2D eigenvalue weighted by atomic mass is 10.1. The van der Waals surface area contributed by atoms with Crippen LogP contribution in [0.3, 0.4) is 0 Å². The van der Waals surface area contributed by atoms with Crippen molar-refractivity contribution in [3.63, 3.8) is 0 Å². The van der Waals surface area contributed by atoms with Gasteiger partial charge in [0, 0.05) is 0 Å². The molecule has 0 radical (unpaired) electrons. The number of allylic oxidation sites excluding steroid dienone is 1. The largest absolute Gasteiger partial charge is 0.314 e. The van der Waals surface area contributed by atoms with Crippen molar-refractivity contribution in [3.8, 4) is 0 Å². The Balaban J connectivity index is 1.40. The number of hydrazone groups is 1. The van der Waals surface area contributed by atoms with Crippen molar-refractivity contribution in [2.24, 2.45) is 5.10 Å². The van der Waals surface area contributed by atoms with E-state index in [1.807, 2.05) is 61.5 Å². The van der Waals surface area contributed by atoms with Crippen LogP contribution in [0.15, 0.2) is 94.7 Å². The molecule has 33 heavy (non-hydrogen) atoms. The van der Waals surface area contributed by atoms with Crippen LogP contribution in [0.5, 0.6) is 0 Å². The van der Waals surface area contributed by atoms with Crippen molar-refractivity contribution in [1.82, 2.24) is 15.0 Å². The molecule has 1 heterocycles. The number of nitrogens with one attached hydrogen (secondary N) is 1. The second-order valence-corrected chi connectivity index (χ2v) is 8.78. The first kappa shape index (κ1) is 22.6. The summed E-state index contributed by atoms with van der Waals surface area (Å²) in [4.78, 5) is 17.1. The molecule has 3 aromatic carbocycles. The van der Waals surface area contributed by atoms with E-state index >= 15 is 0 Å². The number of imidazole rings is 1. The van der Waals surface area contributed by atoms with Gasteiger partial charge in [0.1, 0.15) is 0 Å². The summed E-state index contributed by atoms with van der Waals surface area (Å²) in [5.74, 6) is 0.0634. The quantitative estimate of drug-likeness (QED) is 0.211. The molecule has 1 aromatic heterocycles. The lowest BCUT2D eigenvalue weighted by Crippen LogP contribution is -2.20. The Morgan fingerprint density at radius 2 is 1.76 bits per heavy atom. The molecule has 0 atom stereocenters. The lowest BCUT2D eigenvalue weighted by molar-refractivity contribution is -0.118. The molecule has 0 saturated carbocycles. The van der Waals surface area contributed by atoms with Gasteiger partial charge in [0.25, 0.3) is 5.91 Å². The molecule has 0 aliphatic rings. The average molecular weight is 455 g/mol. The molecule has 1 amide bonds. The maximum Gasteiger partial charge on any atom is 0.250 e. The van der Waals surface area contributed by atoms with Gasteiger partial charge in [0.05, 0.1) is 29.5 Å². The molecule has 0 saturated heterocycles. The molecular formula is C27H26N4OS.